The minimum atomic E-state index is -0.720. The van der Waals surface area contributed by atoms with Crippen LogP contribution in [-0.4, -0.2) is 66.7 Å². The average Bonchev–Trinajstić information content (AvgIpc) is 3.43. The molecule has 3 amide bonds. The molecule has 1 saturated heterocycles. The lowest BCUT2D eigenvalue weighted by Gasteiger charge is -2.32. The van der Waals surface area contributed by atoms with Crippen molar-refractivity contribution in [2.45, 2.75) is 95.7 Å². The van der Waals surface area contributed by atoms with Crippen LogP contribution in [0.1, 0.15) is 77.6 Å². The summed E-state index contributed by atoms with van der Waals surface area (Å²) in [7, 11) is 1.29. The van der Waals surface area contributed by atoms with Gasteiger partial charge in [0.05, 0.1) is 7.11 Å². The van der Waals surface area contributed by atoms with Crippen molar-refractivity contribution in [3.8, 4) is 0 Å². The van der Waals surface area contributed by atoms with Crippen molar-refractivity contribution in [3.05, 3.63) is 0 Å². The third kappa shape index (κ3) is 6.45. The van der Waals surface area contributed by atoms with Gasteiger partial charge in [-0.25, -0.2) is 4.79 Å². The first-order chi connectivity index (χ1) is 17.3. The molecule has 4 rings (SSSR count). The van der Waals surface area contributed by atoms with Crippen LogP contribution >= 0.6 is 0 Å². The Labute approximate surface area is 213 Å². The number of amides is 3. The second-order valence-electron chi connectivity index (χ2n) is 11.7. The summed E-state index contributed by atoms with van der Waals surface area (Å²) >= 11 is 0. The van der Waals surface area contributed by atoms with E-state index in [-0.39, 0.29) is 30.1 Å². The Balaban J connectivity index is 1.47. The number of hydrogen-bond donors (Lipinski definition) is 2. The smallest absolute Gasteiger partial charge is 0.407 e. The van der Waals surface area contributed by atoms with E-state index in [1.807, 2.05) is 6.92 Å². The predicted molar refractivity (Wildman–Crippen MR) is 132 cm³/mol. The number of Topliss-reactive ketones (excluding diaryl/α,β-unsaturated/α-hetero) is 1. The molecule has 4 aliphatic rings. The molecule has 2 N–H and O–H groups in total. The van der Waals surface area contributed by atoms with Crippen LogP contribution in [-0.2, 0) is 23.9 Å². The summed E-state index contributed by atoms with van der Waals surface area (Å²) in [6, 6.07) is -1.79. The molecule has 36 heavy (non-hydrogen) atoms. The monoisotopic (exact) mass is 503 g/mol. The van der Waals surface area contributed by atoms with Crippen LogP contribution in [0.25, 0.3) is 0 Å². The highest BCUT2D eigenvalue weighted by atomic mass is 16.5. The minimum absolute atomic E-state index is 0.0146. The minimum Gasteiger partial charge on any atom is -0.453 e. The largest absolute Gasteiger partial charge is 0.453 e. The van der Waals surface area contributed by atoms with Gasteiger partial charge in [0.2, 0.25) is 11.8 Å². The molecular formula is C27H41N3O6. The molecule has 0 aromatic rings. The van der Waals surface area contributed by atoms with Crippen molar-refractivity contribution >= 4 is 30.0 Å². The van der Waals surface area contributed by atoms with E-state index in [1.54, 1.807) is 4.90 Å². The van der Waals surface area contributed by atoms with Gasteiger partial charge >= 0.3 is 6.09 Å². The van der Waals surface area contributed by atoms with E-state index in [0.717, 1.165) is 25.7 Å². The van der Waals surface area contributed by atoms with E-state index in [4.69, 9.17) is 4.74 Å². The Bertz CT molecular complexity index is 844. The molecule has 0 bridgehead atoms. The molecule has 200 valence electrons. The van der Waals surface area contributed by atoms with E-state index in [0.29, 0.717) is 43.4 Å². The Morgan fingerprint density at radius 1 is 1.00 bits per heavy atom. The Kier molecular flexibility index (Phi) is 8.67. The van der Waals surface area contributed by atoms with Crippen molar-refractivity contribution in [1.82, 2.24) is 15.5 Å². The molecule has 0 aromatic carbocycles. The molecule has 3 saturated carbocycles. The Morgan fingerprint density at radius 2 is 1.67 bits per heavy atom. The number of aldehydes is 1. The van der Waals surface area contributed by atoms with Crippen molar-refractivity contribution < 1.29 is 28.7 Å². The predicted octanol–water partition coefficient (Wildman–Crippen LogP) is 2.61. The summed E-state index contributed by atoms with van der Waals surface area (Å²) in [5.74, 6) is 0.769. The summed E-state index contributed by atoms with van der Waals surface area (Å²) < 4.78 is 4.85. The summed E-state index contributed by atoms with van der Waals surface area (Å²) in [6.45, 7) is 2.45. The molecule has 1 heterocycles. The highest BCUT2D eigenvalue weighted by Crippen LogP contribution is 2.46. The van der Waals surface area contributed by atoms with Crippen molar-refractivity contribution in [2.24, 2.45) is 29.6 Å². The quantitative estimate of drug-likeness (QED) is 0.349. The van der Waals surface area contributed by atoms with Gasteiger partial charge in [0, 0.05) is 19.0 Å². The van der Waals surface area contributed by atoms with Crippen molar-refractivity contribution in [2.75, 3.05) is 13.7 Å². The second kappa shape index (κ2) is 11.7. The molecule has 9 heteroatoms. The number of carbonyl (C=O) groups excluding carboxylic acids is 5. The zero-order chi connectivity index (χ0) is 25.8. The third-order valence-corrected chi connectivity index (χ3v) is 8.81. The Morgan fingerprint density at radius 3 is 2.25 bits per heavy atom. The van der Waals surface area contributed by atoms with Gasteiger partial charge in [-0.1, -0.05) is 45.4 Å². The topological polar surface area (TPSA) is 122 Å². The van der Waals surface area contributed by atoms with Gasteiger partial charge in [-0.15, -0.1) is 0 Å². The van der Waals surface area contributed by atoms with Gasteiger partial charge in [0.1, 0.15) is 12.1 Å². The van der Waals surface area contributed by atoms with Crippen LogP contribution in [0.4, 0.5) is 4.79 Å². The fraction of sp³-hybridized carbons (Fsp3) is 0.815. The maximum absolute atomic E-state index is 13.9. The fourth-order valence-corrected chi connectivity index (χ4v) is 6.87. The van der Waals surface area contributed by atoms with Gasteiger partial charge in [0.25, 0.3) is 0 Å². The number of hydrogen-bond acceptors (Lipinski definition) is 6. The van der Waals surface area contributed by atoms with E-state index >= 15 is 0 Å². The number of likely N-dealkylation sites (tertiary alicyclic amines) is 1. The number of fused-ring (bicyclic) bond motifs is 1. The molecular weight excluding hydrogens is 462 g/mol. The number of alkyl carbamates (subject to hydrolysis) is 1. The first-order valence-electron chi connectivity index (χ1n) is 13.7. The highest BCUT2D eigenvalue weighted by molar-refractivity contribution is 6.25. The van der Waals surface area contributed by atoms with Gasteiger partial charge in [0.15, 0.2) is 12.1 Å². The van der Waals surface area contributed by atoms with Crippen LogP contribution in [0.5, 0.6) is 0 Å². The van der Waals surface area contributed by atoms with Gasteiger partial charge in [-0.3, -0.25) is 19.2 Å². The van der Waals surface area contributed by atoms with Crippen molar-refractivity contribution in [1.29, 1.82) is 0 Å². The number of ether oxygens (including phenoxy) is 1. The number of nitrogens with zero attached hydrogens (tertiary/aromatic N) is 1. The molecule has 4 fully saturated rings. The maximum Gasteiger partial charge on any atom is 0.407 e. The highest BCUT2D eigenvalue weighted by Gasteiger charge is 2.47. The summed E-state index contributed by atoms with van der Waals surface area (Å²) in [5.41, 5.74) is 0. The molecule has 9 nitrogen and oxygen atoms in total. The lowest BCUT2D eigenvalue weighted by Crippen LogP contribution is -2.56. The first kappa shape index (κ1) is 26.6. The zero-order valence-electron chi connectivity index (χ0n) is 21.6. The number of methoxy groups -OCH3 is 1. The molecule has 3 aliphatic carbocycles. The maximum atomic E-state index is 13.9. The van der Waals surface area contributed by atoms with Gasteiger partial charge < -0.3 is 20.3 Å². The molecule has 0 radical (unpaired) electrons. The second-order valence-corrected chi connectivity index (χ2v) is 11.7. The Hall–Kier alpha value is -2.45. The lowest BCUT2D eigenvalue weighted by atomic mass is 9.82. The summed E-state index contributed by atoms with van der Waals surface area (Å²) in [6.07, 6.45) is 9.58. The molecule has 1 aliphatic heterocycles. The van der Waals surface area contributed by atoms with Gasteiger partial charge in [-0.2, -0.15) is 0 Å². The van der Waals surface area contributed by atoms with Crippen LogP contribution in [0.3, 0.4) is 0 Å². The summed E-state index contributed by atoms with van der Waals surface area (Å²) in [5, 5.41) is 5.79. The number of ketones is 1. The standard InChI is InChI=1S/C27H41N3O6/c1-16-9-23(25(33)28-21(10-17-7-8-17)13-22(32)15-31)30(14-16)26(34)24(29-27(35)36-2)20-11-18-5-3-4-6-19(18)12-20/h15-21,23-24H,3-14H2,1-2H3,(H,28,33)(H,29,35)/t16-,18?,19?,20?,21?,23?,24?/m1/s1. The molecule has 6 atom stereocenters. The molecule has 0 spiro atoms. The fourth-order valence-electron chi connectivity index (χ4n) is 6.87. The zero-order valence-corrected chi connectivity index (χ0v) is 21.6. The first-order valence-corrected chi connectivity index (χ1v) is 13.7. The van der Waals surface area contributed by atoms with E-state index < -0.39 is 30.0 Å². The van der Waals surface area contributed by atoms with Crippen LogP contribution in [0.15, 0.2) is 0 Å². The summed E-state index contributed by atoms with van der Waals surface area (Å²) in [4.78, 5) is 63.9. The molecule has 5 unspecified atom stereocenters. The molecule has 0 aromatic heterocycles. The van der Waals surface area contributed by atoms with Crippen LogP contribution in [0, 0.1) is 29.6 Å². The van der Waals surface area contributed by atoms with E-state index in [9.17, 15) is 24.0 Å². The lowest BCUT2D eigenvalue weighted by molar-refractivity contribution is -0.141. The van der Waals surface area contributed by atoms with Crippen molar-refractivity contribution in [3.63, 3.8) is 0 Å². The average molecular weight is 504 g/mol. The van der Waals surface area contributed by atoms with E-state index in [2.05, 4.69) is 10.6 Å². The normalized spacial score (nSPS) is 31.2. The van der Waals surface area contributed by atoms with Crippen LogP contribution < -0.4 is 10.6 Å². The van der Waals surface area contributed by atoms with E-state index in [1.165, 1.54) is 32.8 Å². The number of nitrogens with one attached hydrogen (secondary N) is 2. The number of carbonyl (C=O) groups is 5. The van der Waals surface area contributed by atoms with Gasteiger partial charge in [-0.05, 0) is 55.3 Å². The SMILES string of the molecule is COC(=O)NC(C(=O)N1C[C@H](C)CC1C(=O)NC(CC(=O)C=O)CC1CC1)C1CC2CCCCC2C1. The number of rotatable bonds is 10. The van der Waals surface area contributed by atoms with Crippen LogP contribution in [0.2, 0.25) is 0 Å². The third-order valence-electron chi connectivity index (χ3n) is 8.81.